The van der Waals surface area contributed by atoms with E-state index in [4.69, 9.17) is 0 Å². The largest absolute Gasteiger partial charge is 0.508 e. The van der Waals surface area contributed by atoms with E-state index < -0.39 is 0 Å². The van der Waals surface area contributed by atoms with E-state index in [0.717, 1.165) is 11.3 Å². The molecule has 110 valence electrons. The molecule has 2 aromatic rings. The third kappa shape index (κ3) is 3.54. The van der Waals surface area contributed by atoms with Gasteiger partial charge in [-0.2, -0.15) is 0 Å². The lowest BCUT2D eigenvalue weighted by Crippen LogP contribution is -2.23. The second kappa shape index (κ2) is 6.31. The van der Waals surface area contributed by atoms with E-state index in [1.807, 2.05) is 43.3 Å². The fourth-order valence-corrected chi connectivity index (χ4v) is 2.12. The molecule has 4 nitrogen and oxygen atoms in total. The van der Waals surface area contributed by atoms with Crippen molar-refractivity contribution in [2.75, 3.05) is 19.4 Å². The van der Waals surface area contributed by atoms with Gasteiger partial charge in [-0.15, -0.1) is 0 Å². The SMILES string of the molecule is CC(Nc1ccccc1C(=O)N(C)C)c1ccc(O)cc1. The molecule has 0 radical (unpaired) electrons. The van der Waals surface area contributed by atoms with Crippen molar-refractivity contribution in [1.29, 1.82) is 0 Å². The monoisotopic (exact) mass is 284 g/mol. The van der Waals surface area contributed by atoms with Crippen molar-refractivity contribution < 1.29 is 9.90 Å². The van der Waals surface area contributed by atoms with Gasteiger partial charge in [0.05, 0.1) is 5.56 Å². The Morgan fingerprint density at radius 3 is 2.33 bits per heavy atom. The summed E-state index contributed by atoms with van der Waals surface area (Å²) in [5, 5.41) is 12.7. The molecule has 2 aromatic carbocycles. The number of hydrogen-bond acceptors (Lipinski definition) is 3. The molecular weight excluding hydrogens is 264 g/mol. The average Bonchev–Trinajstić information content (AvgIpc) is 2.47. The summed E-state index contributed by atoms with van der Waals surface area (Å²) in [6.07, 6.45) is 0. The van der Waals surface area contributed by atoms with E-state index in [-0.39, 0.29) is 17.7 Å². The molecule has 0 saturated carbocycles. The fraction of sp³-hybridized carbons (Fsp3) is 0.235. The molecule has 0 fully saturated rings. The van der Waals surface area contributed by atoms with Crippen molar-refractivity contribution in [1.82, 2.24) is 4.90 Å². The number of amides is 1. The molecule has 0 aliphatic carbocycles. The summed E-state index contributed by atoms with van der Waals surface area (Å²) in [6.45, 7) is 2.02. The summed E-state index contributed by atoms with van der Waals surface area (Å²) in [7, 11) is 3.48. The molecule has 21 heavy (non-hydrogen) atoms. The van der Waals surface area contributed by atoms with Crippen molar-refractivity contribution in [3.05, 3.63) is 59.7 Å². The van der Waals surface area contributed by atoms with Crippen LogP contribution in [-0.4, -0.2) is 30.0 Å². The number of para-hydroxylation sites is 1. The molecule has 1 unspecified atom stereocenters. The van der Waals surface area contributed by atoms with Crippen molar-refractivity contribution in [3.8, 4) is 5.75 Å². The van der Waals surface area contributed by atoms with Gasteiger partial charge in [0.1, 0.15) is 5.75 Å². The first-order valence-corrected chi connectivity index (χ1v) is 6.85. The number of aromatic hydroxyl groups is 1. The Bertz CT molecular complexity index is 621. The molecule has 1 amide bonds. The van der Waals surface area contributed by atoms with Crippen LogP contribution in [-0.2, 0) is 0 Å². The Labute approximate surface area is 125 Å². The van der Waals surface area contributed by atoms with Gasteiger partial charge >= 0.3 is 0 Å². The van der Waals surface area contributed by atoms with Gasteiger partial charge in [0.25, 0.3) is 5.91 Å². The number of anilines is 1. The van der Waals surface area contributed by atoms with Crippen LogP contribution in [0.4, 0.5) is 5.69 Å². The highest BCUT2D eigenvalue weighted by atomic mass is 16.3. The summed E-state index contributed by atoms with van der Waals surface area (Å²) in [5.74, 6) is 0.213. The maximum Gasteiger partial charge on any atom is 0.255 e. The minimum Gasteiger partial charge on any atom is -0.508 e. The van der Waals surface area contributed by atoms with Gasteiger partial charge in [0.15, 0.2) is 0 Å². The number of benzene rings is 2. The smallest absolute Gasteiger partial charge is 0.255 e. The van der Waals surface area contributed by atoms with Crippen LogP contribution in [0.2, 0.25) is 0 Å². The van der Waals surface area contributed by atoms with E-state index in [9.17, 15) is 9.90 Å². The minimum absolute atomic E-state index is 0.0294. The highest BCUT2D eigenvalue weighted by Gasteiger charge is 2.14. The predicted molar refractivity (Wildman–Crippen MR) is 84.6 cm³/mol. The molecule has 2 rings (SSSR count). The summed E-state index contributed by atoms with van der Waals surface area (Å²) in [5.41, 5.74) is 2.49. The van der Waals surface area contributed by atoms with Gasteiger partial charge in [0, 0.05) is 25.8 Å². The number of hydrogen-bond donors (Lipinski definition) is 2. The van der Waals surface area contributed by atoms with E-state index in [0.29, 0.717) is 5.56 Å². The van der Waals surface area contributed by atoms with Crippen LogP contribution in [0.25, 0.3) is 0 Å². The molecule has 0 heterocycles. The Morgan fingerprint density at radius 2 is 1.71 bits per heavy atom. The highest BCUT2D eigenvalue weighted by Crippen LogP contribution is 2.24. The highest BCUT2D eigenvalue weighted by molar-refractivity contribution is 5.99. The zero-order valence-electron chi connectivity index (χ0n) is 12.5. The lowest BCUT2D eigenvalue weighted by atomic mass is 10.1. The van der Waals surface area contributed by atoms with Crippen molar-refractivity contribution in [2.45, 2.75) is 13.0 Å². The third-order valence-corrected chi connectivity index (χ3v) is 3.33. The zero-order chi connectivity index (χ0) is 15.4. The second-order valence-corrected chi connectivity index (χ2v) is 5.20. The van der Waals surface area contributed by atoms with Crippen LogP contribution in [0.1, 0.15) is 28.9 Å². The van der Waals surface area contributed by atoms with Crippen molar-refractivity contribution >= 4 is 11.6 Å². The third-order valence-electron chi connectivity index (χ3n) is 3.33. The number of carbonyl (C=O) groups excluding carboxylic acids is 1. The van der Waals surface area contributed by atoms with Gasteiger partial charge in [-0.1, -0.05) is 24.3 Å². The Balaban J connectivity index is 2.23. The van der Waals surface area contributed by atoms with Gasteiger partial charge in [-0.3, -0.25) is 4.79 Å². The number of rotatable bonds is 4. The lowest BCUT2D eigenvalue weighted by Gasteiger charge is -2.19. The number of nitrogens with one attached hydrogen (secondary N) is 1. The molecule has 2 N–H and O–H groups in total. The lowest BCUT2D eigenvalue weighted by molar-refractivity contribution is 0.0828. The van der Waals surface area contributed by atoms with Crippen LogP contribution >= 0.6 is 0 Å². The minimum atomic E-state index is -0.0315. The van der Waals surface area contributed by atoms with Gasteiger partial charge in [0.2, 0.25) is 0 Å². The molecule has 0 aromatic heterocycles. The number of carbonyl (C=O) groups is 1. The molecule has 1 atom stereocenters. The summed E-state index contributed by atoms with van der Waals surface area (Å²) >= 11 is 0. The number of phenols is 1. The maximum absolute atomic E-state index is 12.2. The molecule has 0 aliphatic rings. The Kier molecular flexibility index (Phi) is 4.48. The first-order chi connectivity index (χ1) is 9.99. The van der Waals surface area contributed by atoms with E-state index in [1.165, 1.54) is 0 Å². The quantitative estimate of drug-likeness (QED) is 0.906. The normalized spacial score (nSPS) is 11.8. The topological polar surface area (TPSA) is 52.6 Å². The predicted octanol–water partition coefficient (Wildman–Crippen LogP) is 3.27. The molecule has 0 saturated heterocycles. The molecule has 4 heteroatoms. The summed E-state index contributed by atoms with van der Waals surface area (Å²) < 4.78 is 0. The van der Waals surface area contributed by atoms with Crippen LogP contribution in [0.5, 0.6) is 5.75 Å². The standard InChI is InChI=1S/C17H20N2O2/c1-12(13-8-10-14(20)11-9-13)18-16-7-5-4-6-15(16)17(21)19(2)3/h4-12,18,20H,1-3H3. The van der Waals surface area contributed by atoms with Crippen molar-refractivity contribution in [3.63, 3.8) is 0 Å². The summed E-state index contributed by atoms with van der Waals surface area (Å²) in [4.78, 5) is 13.7. The molecule has 0 spiro atoms. The van der Waals surface area contributed by atoms with E-state index in [1.54, 1.807) is 31.1 Å². The first-order valence-electron chi connectivity index (χ1n) is 6.85. The second-order valence-electron chi connectivity index (χ2n) is 5.20. The van der Waals surface area contributed by atoms with Crippen LogP contribution in [0.15, 0.2) is 48.5 Å². The molecular formula is C17H20N2O2. The van der Waals surface area contributed by atoms with Gasteiger partial charge in [-0.05, 0) is 36.8 Å². The van der Waals surface area contributed by atoms with Crippen LogP contribution < -0.4 is 5.32 Å². The number of phenolic OH excluding ortho intramolecular Hbond substituents is 1. The first kappa shape index (κ1) is 14.9. The van der Waals surface area contributed by atoms with E-state index in [2.05, 4.69) is 5.32 Å². The fourth-order valence-electron chi connectivity index (χ4n) is 2.12. The molecule has 0 aliphatic heterocycles. The molecule has 0 bridgehead atoms. The van der Waals surface area contributed by atoms with Crippen LogP contribution in [0, 0.1) is 0 Å². The van der Waals surface area contributed by atoms with Gasteiger partial charge in [-0.25, -0.2) is 0 Å². The number of nitrogens with zero attached hydrogens (tertiary/aromatic N) is 1. The van der Waals surface area contributed by atoms with Crippen molar-refractivity contribution in [2.24, 2.45) is 0 Å². The van der Waals surface area contributed by atoms with Gasteiger partial charge < -0.3 is 15.3 Å². The average molecular weight is 284 g/mol. The summed E-state index contributed by atoms with van der Waals surface area (Å²) in [6, 6.07) is 14.5. The van der Waals surface area contributed by atoms with Crippen LogP contribution in [0.3, 0.4) is 0 Å². The Morgan fingerprint density at radius 1 is 1.10 bits per heavy atom. The zero-order valence-corrected chi connectivity index (χ0v) is 12.5. The maximum atomic E-state index is 12.2. The Hall–Kier alpha value is -2.49. The van der Waals surface area contributed by atoms with E-state index >= 15 is 0 Å².